The third-order valence-corrected chi connectivity index (χ3v) is 4.42. The molecule has 0 bridgehead atoms. The Morgan fingerprint density at radius 3 is 2.46 bits per heavy atom. The molecule has 0 aliphatic rings. The minimum atomic E-state index is 0.171. The Labute approximate surface area is 161 Å². The molecule has 0 aliphatic carbocycles. The average molecular weight is 368 g/mol. The van der Waals surface area contributed by atoms with Crippen LogP contribution in [0.25, 0.3) is 0 Å². The number of benzene rings is 2. The number of aliphatic hydroxyl groups excluding tert-OH is 1. The molecule has 2 rings (SSSR count). The minimum Gasteiger partial charge on any atom is -0.396 e. The summed E-state index contributed by atoms with van der Waals surface area (Å²) < 4.78 is 0. The van der Waals surface area contributed by atoms with E-state index in [1.807, 2.05) is 31.2 Å². The highest BCUT2D eigenvalue weighted by Crippen LogP contribution is 2.17. The monoisotopic (exact) mass is 367 g/mol. The minimum absolute atomic E-state index is 0.171. The summed E-state index contributed by atoms with van der Waals surface area (Å²) in [5.74, 6) is 0. The predicted octanol–water partition coefficient (Wildman–Crippen LogP) is 5.78. The third kappa shape index (κ3) is 6.29. The number of aliphatic imine (C=N–C) groups is 1. The van der Waals surface area contributed by atoms with Gasteiger partial charge in [-0.3, -0.25) is 4.99 Å². The van der Waals surface area contributed by atoms with Crippen LogP contribution in [-0.4, -0.2) is 17.4 Å². The molecule has 0 spiro atoms. The molecule has 2 nitrogen and oxygen atoms in total. The Kier molecular flexibility index (Phi) is 7.83. The number of hydrogen-bond acceptors (Lipinski definition) is 2. The second-order valence-corrected chi connectivity index (χ2v) is 6.76. The summed E-state index contributed by atoms with van der Waals surface area (Å²) in [7, 11) is 0. The summed E-state index contributed by atoms with van der Waals surface area (Å²) in [6, 6.07) is 16.1. The second-order valence-electron chi connectivity index (χ2n) is 6.32. The van der Waals surface area contributed by atoms with Crippen LogP contribution in [0, 0.1) is 0 Å². The molecule has 26 heavy (non-hydrogen) atoms. The van der Waals surface area contributed by atoms with Crippen LogP contribution in [0.15, 0.2) is 77.4 Å². The Balaban J connectivity index is 2.27. The van der Waals surface area contributed by atoms with Gasteiger partial charge in [0.05, 0.1) is 0 Å². The summed E-state index contributed by atoms with van der Waals surface area (Å²) in [5, 5.41) is 9.75. The Morgan fingerprint density at radius 2 is 1.85 bits per heavy atom. The van der Waals surface area contributed by atoms with Crippen molar-refractivity contribution in [3.05, 3.63) is 94.2 Å². The van der Waals surface area contributed by atoms with E-state index in [1.54, 1.807) is 0 Å². The highest BCUT2D eigenvalue weighted by atomic mass is 35.5. The highest BCUT2D eigenvalue weighted by Gasteiger charge is 2.04. The van der Waals surface area contributed by atoms with Crippen molar-refractivity contribution in [2.75, 3.05) is 6.61 Å². The van der Waals surface area contributed by atoms with Crippen LogP contribution in [0.3, 0.4) is 0 Å². The number of nitrogens with zero attached hydrogens (tertiary/aromatic N) is 1. The molecular weight excluding hydrogens is 342 g/mol. The quantitative estimate of drug-likeness (QED) is 0.465. The second kappa shape index (κ2) is 10.1. The lowest BCUT2D eigenvalue weighted by Gasteiger charge is -2.08. The van der Waals surface area contributed by atoms with Crippen LogP contribution in [0.5, 0.6) is 0 Å². The lowest BCUT2D eigenvalue weighted by atomic mass is 10.0. The van der Waals surface area contributed by atoms with Crippen molar-refractivity contribution in [3.8, 4) is 0 Å². The van der Waals surface area contributed by atoms with Crippen molar-refractivity contribution in [1.29, 1.82) is 0 Å². The molecule has 2 aromatic carbocycles. The normalized spacial score (nSPS) is 12.3. The van der Waals surface area contributed by atoms with Crippen molar-refractivity contribution in [2.24, 2.45) is 4.99 Å². The Bertz CT molecular complexity index is 803. The van der Waals surface area contributed by atoms with Gasteiger partial charge in [0, 0.05) is 29.5 Å². The van der Waals surface area contributed by atoms with Crippen molar-refractivity contribution < 1.29 is 5.11 Å². The first-order chi connectivity index (χ1) is 12.5. The average Bonchev–Trinajstić information content (AvgIpc) is 2.63. The van der Waals surface area contributed by atoms with Gasteiger partial charge in [-0.1, -0.05) is 67.1 Å². The van der Waals surface area contributed by atoms with Gasteiger partial charge in [-0.2, -0.15) is 0 Å². The van der Waals surface area contributed by atoms with Crippen molar-refractivity contribution in [3.63, 3.8) is 0 Å². The van der Waals surface area contributed by atoms with E-state index < -0.39 is 0 Å². The fourth-order valence-corrected chi connectivity index (χ4v) is 2.81. The van der Waals surface area contributed by atoms with Crippen LogP contribution in [0.4, 0.5) is 0 Å². The zero-order chi connectivity index (χ0) is 18.9. The van der Waals surface area contributed by atoms with Crippen LogP contribution in [0.1, 0.15) is 37.0 Å². The molecule has 0 aliphatic heterocycles. The lowest BCUT2D eigenvalue weighted by molar-refractivity contribution is 0.299. The van der Waals surface area contributed by atoms with E-state index in [0.717, 1.165) is 41.0 Å². The number of allylic oxidation sites excluding steroid dienone is 3. The fraction of sp³-hybridized carbons (Fsp3) is 0.261. The molecule has 3 heteroatoms. The maximum Gasteiger partial charge on any atom is 0.0471 e. The van der Waals surface area contributed by atoms with Crippen LogP contribution < -0.4 is 0 Å². The first kappa shape index (κ1) is 20.2. The zero-order valence-electron chi connectivity index (χ0n) is 15.5. The van der Waals surface area contributed by atoms with Gasteiger partial charge in [0.25, 0.3) is 0 Å². The molecule has 0 fully saturated rings. The SMILES string of the molecule is C=C(/C=C(Cc1ccc(CCO)cc1)\N=C(/C)c1cccc(Cl)c1)CC. The summed E-state index contributed by atoms with van der Waals surface area (Å²) in [6.07, 6.45) is 4.37. The zero-order valence-corrected chi connectivity index (χ0v) is 16.3. The number of aliphatic hydroxyl groups is 1. The maximum atomic E-state index is 9.04. The number of halogens is 1. The molecule has 0 amide bonds. The number of rotatable bonds is 8. The van der Waals surface area contributed by atoms with Crippen LogP contribution in [-0.2, 0) is 12.8 Å². The summed E-state index contributed by atoms with van der Waals surface area (Å²) in [5.41, 5.74) is 6.30. The first-order valence-electron chi connectivity index (χ1n) is 8.90. The summed E-state index contributed by atoms with van der Waals surface area (Å²) in [6.45, 7) is 8.35. The van der Waals surface area contributed by atoms with E-state index in [1.165, 1.54) is 5.56 Å². The molecule has 0 unspecified atom stereocenters. The molecule has 1 N–H and O–H groups in total. The predicted molar refractivity (Wildman–Crippen MR) is 112 cm³/mol. The number of hydrogen-bond donors (Lipinski definition) is 1. The van der Waals surface area contributed by atoms with E-state index in [0.29, 0.717) is 11.4 Å². The van der Waals surface area contributed by atoms with Gasteiger partial charge in [0.2, 0.25) is 0 Å². The van der Waals surface area contributed by atoms with E-state index in [9.17, 15) is 0 Å². The molecule has 0 atom stereocenters. The van der Waals surface area contributed by atoms with Gasteiger partial charge in [-0.05, 0) is 54.7 Å². The Hall–Kier alpha value is -2.16. The standard InChI is InChI=1S/C23H26ClNO/c1-4-17(2)14-23(15-20-10-8-19(9-11-20)12-13-26)25-18(3)21-6-5-7-22(24)16-21/h5-11,14,16,26H,2,4,12-13,15H2,1,3H3/b23-14-,25-18+. The van der Waals surface area contributed by atoms with Crippen molar-refractivity contribution in [1.82, 2.24) is 0 Å². The summed E-state index contributed by atoms with van der Waals surface area (Å²) >= 11 is 6.10. The van der Waals surface area contributed by atoms with Gasteiger partial charge in [0.1, 0.15) is 0 Å². The maximum absolute atomic E-state index is 9.04. The Morgan fingerprint density at radius 1 is 1.15 bits per heavy atom. The highest BCUT2D eigenvalue weighted by molar-refractivity contribution is 6.31. The van der Waals surface area contributed by atoms with E-state index in [4.69, 9.17) is 21.7 Å². The van der Waals surface area contributed by atoms with Gasteiger partial charge in [-0.15, -0.1) is 0 Å². The van der Waals surface area contributed by atoms with Gasteiger partial charge >= 0.3 is 0 Å². The molecule has 0 aromatic heterocycles. The van der Waals surface area contributed by atoms with E-state index in [-0.39, 0.29) is 6.61 Å². The first-order valence-corrected chi connectivity index (χ1v) is 9.28. The van der Waals surface area contributed by atoms with Crippen molar-refractivity contribution >= 4 is 17.3 Å². The van der Waals surface area contributed by atoms with Gasteiger partial charge in [0.15, 0.2) is 0 Å². The molecule has 0 saturated carbocycles. The summed E-state index contributed by atoms with van der Waals surface area (Å²) in [4.78, 5) is 4.85. The molecule has 136 valence electrons. The topological polar surface area (TPSA) is 32.6 Å². The molecule has 0 heterocycles. The molecular formula is C23H26ClNO. The smallest absolute Gasteiger partial charge is 0.0471 e. The molecule has 2 aromatic rings. The van der Waals surface area contributed by atoms with Crippen LogP contribution >= 0.6 is 11.6 Å². The van der Waals surface area contributed by atoms with E-state index >= 15 is 0 Å². The van der Waals surface area contributed by atoms with Gasteiger partial charge < -0.3 is 5.11 Å². The molecule has 0 saturated heterocycles. The van der Waals surface area contributed by atoms with E-state index in [2.05, 4.69) is 43.8 Å². The molecule has 0 radical (unpaired) electrons. The third-order valence-electron chi connectivity index (χ3n) is 4.19. The van der Waals surface area contributed by atoms with Crippen molar-refractivity contribution in [2.45, 2.75) is 33.1 Å². The van der Waals surface area contributed by atoms with Gasteiger partial charge in [-0.25, -0.2) is 0 Å². The van der Waals surface area contributed by atoms with Crippen LogP contribution in [0.2, 0.25) is 5.02 Å². The fourth-order valence-electron chi connectivity index (χ4n) is 2.62. The lowest BCUT2D eigenvalue weighted by Crippen LogP contribution is -1.98. The largest absolute Gasteiger partial charge is 0.396 e.